The molecule has 1 aliphatic heterocycles. The van der Waals surface area contributed by atoms with Crippen LogP contribution in [0.5, 0.6) is 0 Å². The van der Waals surface area contributed by atoms with E-state index in [1.807, 2.05) is 4.68 Å². The molecule has 0 radical (unpaired) electrons. The Labute approximate surface area is 128 Å². The van der Waals surface area contributed by atoms with E-state index in [4.69, 9.17) is 5.73 Å². The zero-order chi connectivity index (χ0) is 15.7. The fraction of sp³-hybridized carbons (Fsp3) is 0.429. The number of hydrogen-bond donors (Lipinski definition) is 2. The summed E-state index contributed by atoms with van der Waals surface area (Å²) in [7, 11) is 1.78. The summed E-state index contributed by atoms with van der Waals surface area (Å²) in [5.74, 6) is 1.000. The van der Waals surface area contributed by atoms with Crippen molar-refractivity contribution in [3.63, 3.8) is 0 Å². The zero-order valence-corrected chi connectivity index (χ0v) is 12.5. The lowest BCUT2D eigenvalue weighted by Gasteiger charge is -2.32. The van der Waals surface area contributed by atoms with Crippen molar-refractivity contribution in [1.29, 1.82) is 0 Å². The van der Waals surface area contributed by atoms with Gasteiger partial charge in [-0.1, -0.05) is 6.58 Å². The highest BCUT2D eigenvalue weighted by molar-refractivity contribution is 5.95. The van der Waals surface area contributed by atoms with Crippen molar-refractivity contribution in [2.24, 2.45) is 0 Å². The minimum absolute atomic E-state index is 0.0517. The van der Waals surface area contributed by atoms with Gasteiger partial charge in [-0.25, -0.2) is 14.6 Å². The Hall–Kier alpha value is -2.64. The number of carbonyl (C=O) groups excluding carboxylic acids is 1. The number of rotatable bonds is 3. The third-order valence-electron chi connectivity index (χ3n) is 3.98. The molecule has 2 aromatic rings. The SMILES string of the molecule is C=CC(=O)N1CCC[C@@H](n2nc(NC)c3c(N)ncnc32)C1. The molecule has 0 spiro atoms. The molecular weight excluding hydrogens is 282 g/mol. The van der Waals surface area contributed by atoms with Crippen LogP contribution in [0.25, 0.3) is 11.0 Å². The number of piperidine rings is 1. The van der Waals surface area contributed by atoms with Gasteiger partial charge in [-0.2, -0.15) is 5.10 Å². The van der Waals surface area contributed by atoms with Crippen LogP contribution in [-0.4, -0.2) is 50.7 Å². The predicted molar refractivity (Wildman–Crippen MR) is 84.3 cm³/mol. The van der Waals surface area contributed by atoms with E-state index in [-0.39, 0.29) is 11.9 Å². The number of nitrogens with zero attached hydrogens (tertiary/aromatic N) is 5. The Morgan fingerprint density at radius 2 is 2.36 bits per heavy atom. The van der Waals surface area contributed by atoms with E-state index in [9.17, 15) is 4.79 Å². The van der Waals surface area contributed by atoms with Gasteiger partial charge in [-0.05, 0) is 18.9 Å². The quantitative estimate of drug-likeness (QED) is 0.813. The number of nitrogen functional groups attached to an aromatic ring is 1. The Balaban J connectivity index is 2.01. The van der Waals surface area contributed by atoms with Crippen LogP contribution < -0.4 is 11.1 Å². The molecule has 0 aliphatic carbocycles. The van der Waals surface area contributed by atoms with Gasteiger partial charge in [-0.3, -0.25) is 4.79 Å². The lowest BCUT2D eigenvalue weighted by Crippen LogP contribution is -2.40. The number of anilines is 2. The molecule has 0 saturated carbocycles. The Morgan fingerprint density at radius 1 is 1.55 bits per heavy atom. The average Bonchev–Trinajstić information content (AvgIpc) is 2.94. The standard InChI is InChI=1S/C14H19N7O/c1-3-10(22)20-6-4-5-9(7-20)21-14-11(13(16-2)19-21)12(15)17-8-18-14/h3,8-9H,1,4-7H2,2H3,(H,16,19)(H2,15,17,18)/t9-/m1/s1. The first-order valence-electron chi connectivity index (χ1n) is 7.23. The maximum atomic E-state index is 11.8. The molecule has 22 heavy (non-hydrogen) atoms. The second-order valence-electron chi connectivity index (χ2n) is 5.29. The molecule has 1 saturated heterocycles. The van der Waals surface area contributed by atoms with E-state index in [1.165, 1.54) is 12.4 Å². The second-order valence-corrected chi connectivity index (χ2v) is 5.29. The van der Waals surface area contributed by atoms with Crippen LogP contribution in [0.4, 0.5) is 11.6 Å². The lowest BCUT2D eigenvalue weighted by molar-refractivity contribution is -0.127. The Kier molecular flexibility index (Phi) is 3.66. The molecule has 8 heteroatoms. The Bertz CT molecular complexity index is 723. The van der Waals surface area contributed by atoms with E-state index < -0.39 is 0 Å². The van der Waals surface area contributed by atoms with Crippen LogP contribution in [0.15, 0.2) is 19.0 Å². The summed E-state index contributed by atoms with van der Waals surface area (Å²) >= 11 is 0. The van der Waals surface area contributed by atoms with Gasteiger partial charge in [-0.15, -0.1) is 0 Å². The number of amides is 1. The molecule has 1 fully saturated rings. The number of likely N-dealkylation sites (tertiary alicyclic amines) is 1. The van der Waals surface area contributed by atoms with Gasteiger partial charge in [0.05, 0.1) is 6.04 Å². The summed E-state index contributed by atoms with van der Waals surface area (Å²) in [5.41, 5.74) is 6.64. The van der Waals surface area contributed by atoms with Gasteiger partial charge in [0.25, 0.3) is 0 Å². The van der Waals surface area contributed by atoms with Gasteiger partial charge in [0.15, 0.2) is 11.5 Å². The molecule has 1 amide bonds. The highest BCUT2D eigenvalue weighted by Crippen LogP contribution is 2.30. The molecule has 1 atom stereocenters. The van der Waals surface area contributed by atoms with Crippen LogP contribution >= 0.6 is 0 Å². The van der Waals surface area contributed by atoms with Crippen molar-refractivity contribution in [3.8, 4) is 0 Å². The minimum atomic E-state index is -0.0517. The van der Waals surface area contributed by atoms with E-state index in [0.29, 0.717) is 23.8 Å². The average molecular weight is 301 g/mol. The van der Waals surface area contributed by atoms with E-state index >= 15 is 0 Å². The van der Waals surface area contributed by atoms with Gasteiger partial charge in [0.2, 0.25) is 5.91 Å². The monoisotopic (exact) mass is 301 g/mol. The van der Waals surface area contributed by atoms with Crippen LogP contribution in [-0.2, 0) is 4.79 Å². The van der Waals surface area contributed by atoms with E-state index in [2.05, 4.69) is 27.0 Å². The molecule has 0 unspecified atom stereocenters. The number of carbonyl (C=O) groups is 1. The minimum Gasteiger partial charge on any atom is -0.383 e. The molecule has 0 bridgehead atoms. The van der Waals surface area contributed by atoms with E-state index in [1.54, 1.807) is 11.9 Å². The smallest absolute Gasteiger partial charge is 0.246 e. The normalized spacial score (nSPS) is 18.4. The van der Waals surface area contributed by atoms with Crippen LogP contribution in [0.2, 0.25) is 0 Å². The van der Waals surface area contributed by atoms with Crippen LogP contribution in [0.3, 0.4) is 0 Å². The summed E-state index contributed by atoms with van der Waals surface area (Å²) in [6.07, 6.45) is 4.64. The molecule has 0 aromatic carbocycles. The Morgan fingerprint density at radius 3 is 3.09 bits per heavy atom. The summed E-state index contributed by atoms with van der Waals surface area (Å²) < 4.78 is 1.85. The van der Waals surface area contributed by atoms with Crippen molar-refractivity contribution in [2.45, 2.75) is 18.9 Å². The van der Waals surface area contributed by atoms with Crippen molar-refractivity contribution >= 4 is 28.6 Å². The molecule has 3 rings (SSSR count). The first-order valence-corrected chi connectivity index (χ1v) is 7.23. The van der Waals surface area contributed by atoms with Crippen molar-refractivity contribution in [2.75, 3.05) is 31.2 Å². The molecule has 116 valence electrons. The third kappa shape index (κ3) is 2.26. The highest BCUT2D eigenvalue weighted by Gasteiger charge is 2.27. The number of fused-ring (bicyclic) bond motifs is 1. The summed E-state index contributed by atoms with van der Waals surface area (Å²) in [6, 6.07) is 0.0662. The van der Waals surface area contributed by atoms with Gasteiger partial charge >= 0.3 is 0 Å². The predicted octanol–water partition coefficient (Wildman–Crippen LogP) is 0.800. The highest BCUT2D eigenvalue weighted by atomic mass is 16.2. The fourth-order valence-corrected chi connectivity index (χ4v) is 2.91. The largest absolute Gasteiger partial charge is 0.383 e. The summed E-state index contributed by atoms with van der Waals surface area (Å²) in [4.78, 5) is 22.0. The maximum absolute atomic E-state index is 11.8. The fourth-order valence-electron chi connectivity index (χ4n) is 2.91. The molecule has 3 N–H and O–H groups in total. The first kappa shape index (κ1) is 14.3. The molecule has 3 heterocycles. The summed E-state index contributed by atoms with van der Waals surface area (Å²) in [5, 5.41) is 8.32. The third-order valence-corrected chi connectivity index (χ3v) is 3.98. The first-order chi connectivity index (χ1) is 10.7. The number of hydrogen-bond acceptors (Lipinski definition) is 6. The molecule has 1 aliphatic rings. The van der Waals surface area contributed by atoms with Crippen molar-refractivity contribution < 1.29 is 4.79 Å². The maximum Gasteiger partial charge on any atom is 0.246 e. The topological polar surface area (TPSA) is 102 Å². The lowest BCUT2D eigenvalue weighted by atomic mass is 10.1. The van der Waals surface area contributed by atoms with Crippen molar-refractivity contribution in [1.82, 2.24) is 24.6 Å². The molecule has 2 aromatic heterocycles. The van der Waals surface area contributed by atoms with Crippen LogP contribution in [0, 0.1) is 0 Å². The van der Waals surface area contributed by atoms with Gasteiger partial charge in [0, 0.05) is 20.1 Å². The molecular formula is C14H19N7O. The number of nitrogens with two attached hydrogens (primary N) is 1. The summed E-state index contributed by atoms with van der Waals surface area (Å²) in [6.45, 7) is 4.89. The molecule has 8 nitrogen and oxygen atoms in total. The zero-order valence-electron chi connectivity index (χ0n) is 12.5. The number of nitrogens with one attached hydrogen (secondary N) is 1. The second kappa shape index (κ2) is 5.63. The van der Waals surface area contributed by atoms with Gasteiger partial charge < -0.3 is 16.0 Å². The van der Waals surface area contributed by atoms with Crippen molar-refractivity contribution in [3.05, 3.63) is 19.0 Å². The number of aromatic nitrogens is 4. The van der Waals surface area contributed by atoms with Gasteiger partial charge in [0.1, 0.15) is 17.5 Å². The van der Waals surface area contributed by atoms with E-state index in [0.717, 1.165) is 24.8 Å². The van der Waals surface area contributed by atoms with Crippen LogP contribution in [0.1, 0.15) is 18.9 Å².